The van der Waals surface area contributed by atoms with E-state index in [4.69, 9.17) is 9.47 Å². The van der Waals surface area contributed by atoms with Gasteiger partial charge in [-0.3, -0.25) is 0 Å². The zero-order chi connectivity index (χ0) is 12.3. The fraction of sp³-hybridized carbons (Fsp3) is 1.00. The van der Waals surface area contributed by atoms with Crippen molar-refractivity contribution in [3.05, 3.63) is 0 Å². The highest BCUT2D eigenvalue weighted by molar-refractivity contribution is 4.83. The number of methoxy groups -OCH3 is 1. The molecule has 0 aliphatic carbocycles. The molecule has 3 heteroatoms. The zero-order valence-electron chi connectivity index (χ0n) is 11.5. The van der Waals surface area contributed by atoms with Crippen molar-refractivity contribution in [1.82, 2.24) is 5.32 Å². The van der Waals surface area contributed by atoms with E-state index in [0.29, 0.717) is 5.54 Å². The molecule has 98 valence electrons. The molecule has 0 rings (SSSR count). The lowest BCUT2D eigenvalue weighted by Crippen LogP contribution is -2.45. The number of hydrogen-bond donors (Lipinski definition) is 1. The van der Waals surface area contributed by atoms with E-state index in [-0.39, 0.29) is 0 Å². The summed E-state index contributed by atoms with van der Waals surface area (Å²) in [7, 11) is 1.72. The van der Waals surface area contributed by atoms with Gasteiger partial charge in [0, 0.05) is 32.4 Å². The normalized spacial score (nSPS) is 12.0. The van der Waals surface area contributed by atoms with Crippen LogP contribution in [0.1, 0.15) is 46.5 Å². The summed E-state index contributed by atoms with van der Waals surface area (Å²) >= 11 is 0. The summed E-state index contributed by atoms with van der Waals surface area (Å²) in [5, 5.41) is 3.62. The second-order valence-corrected chi connectivity index (χ2v) is 4.23. The van der Waals surface area contributed by atoms with Gasteiger partial charge in [-0.2, -0.15) is 0 Å². The van der Waals surface area contributed by atoms with E-state index in [0.717, 1.165) is 32.8 Å². The molecule has 0 aromatic rings. The Morgan fingerprint density at radius 3 is 2.06 bits per heavy atom. The minimum Gasteiger partial charge on any atom is -0.385 e. The van der Waals surface area contributed by atoms with E-state index in [2.05, 4.69) is 26.1 Å². The first-order chi connectivity index (χ1) is 7.74. The number of rotatable bonds is 11. The first-order valence-corrected chi connectivity index (χ1v) is 6.56. The lowest BCUT2D eigenvalue weighted by atomic mass is 9.90. The fourth-order valence-corrected chi connectivity index (χ4v) is 1.92. The molecule has 0 aromatic heterocycles. The van der Waals surface area contributed by atoms with Crippen LogP contribution in [0.25, 0.3) is 0 Å². The molecule has 0 heterocycles. The van der Waals surface area contributed by atoms with Gasteiger partial charge in [-0.25, -0.2) is 0 Å². The third-order valence-electron chi connectivity index (χ3n) is 3.41. The smallest absolute Gasteiger partial charge is 0.0591 e. The summed E-state index contributed by atoms with van der Waals surface area (Å²) in [5.41, 5.74) is 0.315. The van der Waals surface area contributed by atoms with E-state index in [1.807, 2.05) is 0 Å². The van der Waals surface area contributed by atoms with Gasteiger partial charge in [0.2, 0.25) is 0 Å². The molecule has 0 saturated carbocycles. The third-order valence-corrected chi connectivity index (χ3v) is 3.41. The van der Waals surface area contributed by atoms with Crippen molar-refractivity contribution in [2.45, 2.75) is 52.0 Å². The Labute approximate surface area is 101 Å². The summed E-state index contributed by atoms with van der Waals surface area (Å²) in [6.07, 6.45) is 4.54. The largest absolute Gasteiger partial charge is 0.385 e. The van der Waals surface area contributed by atoms with Crippen molar-refractivity contribution in [3.8, 4) is 0 Å². The van der Waals surface area contributed by atoms with Crippen LogP contribution in [0.2, 0.25) is 0 Å². The molecule has 1 N–H and O–H groups in total. The van der Waals surface area contributed by atoms with Gasteiger partial charge in [0.15, 0.2) is 0 Å². The molecule has 0 aliphatic rings. The monoisotopic (exact) mass is 231 g/mol. The van der Waals surface area contributed by atoms with Crippen LogP contribution < -0.4 is 5.32 Å². The highest BCUT2D eigenvalue weighted by atomic mass is 16.5. The molecule has 0 saturated heterocycles. The fourth-order valence-electron chi connectivity index (χ4n) is 1.92. The number of hydrogen-bond acceptors (Lipinski definition) is 3. The third kappa shape index (κ3) is 6.46. The first-order valence-electron chi connectivity index (χ1n) is 6.56. The Bertz CT molecular complexity index is 139. The maximum Gasteiger partial charge on any atom is 0.0591 e. The zero-order valence-corrected chi connectivity index (χ0v) is 11.5. The van der Waals surface area contributed by atoms with Gasteiger partial charge >= 0.3 is 0 Å². The molecular formula is C13H29NO2. The Hall–Kier alpha value is -0.120. The Morgan fingerprint density at radius 1 is 0.938 bits per heavy atom. The Morgan fingerprint density at radius 2 is 1.56 bits per heavy atom. The average molecular weight is 231 g/mol. The van der Waals surface area contributed by atoms with Gasteiger partial charge in [-0.1, -0.05) is 20.8 Å². The molecule has 0 aromatic carbocycles. The molecule has 0 spiro atoms. The topological polar surface area (TPSA) is 30.5 Å². The van der Waals surface area contributed by atoms with Crippen LogP contribution in [0.5, 0.6) is 0 Å². The molecule has 16 heavy (non-hydrogen) atoms. The predicted molar refractivity (Wildman–Crippen MR) is 68.9 cm³/mol. The van der Waals surface area contributed by atoms with E-state index in [1.165, 1.54) is 19.3 Å². The minimum absolute atomic E-state index is 0.315. The van der Waals surface area contributed by atoms with E-state index in [1.54, 1.807) is 7.11 Å². The lowest BCUT2D eigenvalue weighted by molar-refractivity contribution is 0.0983. The van der Waals surface area contributed by atoms with Gasteiger partial charge < -0.3 is 14.8 Å². The van der Waals surface area contributed by atoms with Crippen molar-refractivity contribution < 1.29 is 9.47 Å². The molecule has 0 atom stereocenters. The SMILES string of the molecule is CCC(CC)(CC)NCCOCCCOC. The summed E-state index contributed by atoms with van der Waals surface area (Å²) in [6, 6.07) is 0. The maximum absolute atomic E-state index is 5.52. The summed E-state index contributed by atoms with van der Waals surface area (Å²) in [4.78, 5) is 0. The number of ether oxygens (including phenoxy) is 2. The van der Waals surface area contributed by atoms with Gasteiger partial charge in [0.1, 0.15) is 0 Å². The number of nitrogens with one attached hydrogen (secondary N) is 1. The van der Waals surface area contributed by atoms with Gasteiger partial charge in [-0.15, -0.1) is 0 Å². The van der Waals surface area contributed by atoms with Gasteiger partial charge in [0.05, 0.1) is 6.61 Å². The van der Waals surface area contributed by atoms with E-state index in [9.17, 15) is 0 Å². The Balaban J connectivity index is 3.48. The van der Waals surface area contributed by atoms with Crippen LogP contribution in [0, 0.1) is 0 Å². The van der Waals surface area contributed by atoms with Crippen molar-refractivity contribution >= 4 is 0 Å². The molecule has 0 unspecified atom stereocenters. The van der Waals surface area contributed by atoms with Crippen LogP contribution in [0.4, 0.5) is 0 Å². The summed E-state index contributed by atoms with van der Waals surface area (Å²) in [5.74, 6) is 0. The molecule has 0 amide bonds. The van der Waals surface area contributed by atoms with Crippen LogP contribution in [-0.2, 0) is 9.47 Å². The van der Waals surface area contributed by atoms with Crippen molar-refractivity contribution in [3.63, 3.8) is 0 Å². The lowest BCUT2D eigenvalue weighted by Gasteiger charge is -2.32. The quantitative estimate of drug-likeness (QED) is 0.554. The van der Waals surface area contributed by atoms with E-state index >= 15 is 0 Å². The van der Waals surface area contributed by atoms with Crippen LogP contribution in [-0.4, -0.2) is 39.0 Å². The molecule has 0 bridgehead atoms. The molecule has 0 aliphatic heterocycles. The second-order valence-electron chi connectivity index (χ2n) is 4.23. The van der Waals surface area contributed by atoms with Crippen LogP contribution in [0.15, 0.2) is 0 Å². The first kappa shape index (κ1) is 15.9. The van der Waals surface area contributed by atoms with Gasteiger partial charge in [0.25, 0.3) is 0 Å². The minimum atomic E-state index is 0.315. The standard InChI is InChI=1S/C13H29NO2/c1-5-13(6-2,7-3)14-9-12-16-11-8-10-15-4/h14H,5-12H2,1-4H3. The summed E-state index contributed by atoms with van der Waals surface area (Å²) < 4.78 is 10.5. The summed E-state index contributed by atoms with van der Waals surface area (Å²) in [6.45, 7) is 10.1. The maximum atomic E-state index is 5.52. The molecule has 0 radical (unpaired) electrons. The van der Waals surface area contributed by atoms with Crippen molar-refractivity contribution in [2.75, 3.05) is 33.5 Å². The van der Waals surface area contributed by atoms with Gasteiger partial charge in [-0.05, 0) is 25.7 Å². The van der Waals surface area contributed by atoms with Crippen molar-refractivity contribution in [2.24, 2.45) is 0 Å². The van der Waals surface area contributed by atoms with Crippen LogP contribution in [0.3, 0.4) is 0 Å². The molecular weight excluding hydrogens is 202 g/mol. The van der Waals surface area contributed by atoms with Crippen LogP contribution >= 0.6 is 0 Å². The van der Waals surface area contributed by atoms with E-state index < -0.39 is 0 Å². The Kier molecular flexibility index (Phi) is 9.99. The molecule has 3 nitrogen and oxygen atoms in total. The van der Waals surface area contributed by atoms with Crippen molar-refractivity contribution in [1.29, 1.82) is 0 Å². The highest BCUT2D eigenvalue weighted by Crippen LogP contribution is 2.18. The molecule has 0 fully saturated rings. The predicted octanol–water partition coefficient (Wildman–Crippen LogP) is 2.60. The average Bonchev–Trinajstić information content (AvgIpc) is 2.34. The highest BCUT2D eigenvalue weighted by Gasteiger charge is 2.21. The second kappa shape index (κ2) is 10.1.